The Balaban J connectivity index is 1.11. The Kier molecular flexibility index (Phi) is 5.00. The molecule has 2 aliphatic heterocycles. The first-order chi connectivity index (χ1) is 18.3. The summed E-state index contributed by atoms with van der Waals surface area (Å²) in [5, 5.41) is 14.9. The first kappa shape index (κ1) is 23.4. The smallest absolute Gasteiger partial charge is 0.255 e. The van der Waals surface area contributed by atoms with Crippen molar-refractivity contribution >= 4 is 11.7 Å². The lowest BCUT2D eigenvalue weighted by atomic mass is 9.54. The number of aromatic nitrogens is 1. The van der Waals surface area contributed by atoms with Crippen molar-refractivity contribution in [1.82, 2.24) is 15.2 Å². The van der Waals surface area contributed by atoms with Crippen molar-refractivity contribution < 1.29 is 19.4 Å². The van der Waals surface area contributed by atoms with Crippen molar-refractivity contribution in [2.75, 3.05) is 20.1 Å². The highest BCUT2D eigenvalue weighted by atomic mass is 16.5. The molecule has 3 aromatic rings. The topological polar surface area (TPSA) is 112 Å². The number of hydrogen-bond donors (Lipinski definition) is 3. The van der Waals surface area contributed by atoms with Crippen LogP contribution < -0.4 is 15.6 Å². The number of likely N-dealkylation sites (N-methyl/N-ethyl adjacent to an activating group) is 1. The molecule has 2 unspecified atom stereocenters. The SMILES string of the molecule is CN1CC23c4c5ccc(C(=O)NCCc6ccc(-c7cc[nH]c(=O)c7)cc6)c4OC2C(=O)CC[C@@]3(O)[C@H]1C5. The van der Waals surface area contributed by atoms with Gasteiger partial charge in [-0.1, -0.05) is 30.3 Å². The van der Waals surface area contributed by atoms with E-state index >= 15 is 0 Å². The van der Waals surface area contributed by atoms with Crippen molar-refractivity contribution in [3.63, 3.8) is 0 Å². The maximum Gasteiger partial charge on any atom is 0.255 e. The number of ketones is 1. The van der Waals surface area contributed by atoms with Crippen LogP contribution in [0.5, 0.6) is 5.75 Å². The molecule has 7 rings (SSSR count). The second-order valence-corrected chi connectivity index (χ2v) is 11.1. The summed E-state index contributed by atoms with van der Waals surface area (Å²) < 4.78 is 6.31. The summed E-state index contributed by atoms with van der Waals surface area (Å²) in [6.07, 6.45) is 2.91. The minimum absolute atomic E-state index is 0.00249. The number of aliphatic hydroxyl groups is 1. The van der Waals surface area contributed by atoms with E-state index in [0.717, 1.165) is 27.8 Å². The van der Waals surface area contributed by atoms with Gasteiger partial charge in [-0.3, -0.25) is 19.3 Å². The molecule has 1 aromatic heterocycles. The average Bonchev–Trinajstić information content (AvgIpc) is 3.32. The third-order valence-corrected chi connectivity index (χ3v) is 9.19. The van der Waals surface area contributed by atoms with Crippen molar-refractivity contribution in [2.45, 2.75) is 48.8 Å². The van der Waals surface area contributed by atoms with Crippen molar-refractivity contribution in [3.05, 3.63) is 87.3 Å². The van der Waals surface area contributed by atoms with E-state index in [1.54, 1.807) is 18.3 Å². The van der Waals surface area contributed by atoms with Crippen LogP contribution in [-0.4, -0.2) is 64.6 Å². The van der Waals surface area contributed by atoms with Gasteiger partial charge < -0.3 is 20.1 Å². The van der Waals surface area contributed by atoms with E-state index in [1.165, 1.54) is 0 Å². The number of carbonyl (C=O) groups excluding carboxylic acids is 2. The summed E-state index contributed by atoms with van der Waals surface area (Å²) in [4.78, 5) is 42.7. The predicted molar refractivity (Wildman–Crippen MR) is 140 cm³/mol. The lowest BCUT2D eigenvalue weighted by Crippen LogP contribution is -2.66. The average molecular weight is 512 g/mol. The third-order valence-electron chi connectivity index (χ3n) is 9.19. The van der Waals surface area contributed by atoms with Crippen molar-refractivity contribution in [1.29, 1.82) is 0 Å². The molecule has 4 aliphatic rings. The Labute approximate surface area is 219 Å². The number of H-pyrrole nitrogens is 1. The van der Waals surface area contributed by atoms with Gasteiger partial charge in [0.2, 0.25) is 5.56 Å². The molecule has 38 heavy (non-hydrogen) atoms. The van der Waals surface area contributed by atoms with E-state index < -0.39 is 17.1 Å². The summed E-state index contributed by atoms with van der Waals surface area (Å²) in [6.45, 7) is 0.977. The number of aromatic amines is 1. The molecule has 1 saturated carbocycles. The highest BCUT2D eigenvalue weighted by Crippen LogP contribution is 2.63. The zero-order valence-electron chi connectivity index (χ0n) is 21.1. The minimum atomic E-state index is -1.03. The molecule has 8 nitrogen and oxygen atoms in total. The Bertz CT molecular complexity index is 1550. The Morgan fingerprint density at radius 2 is 1.97 bits per heavy atom. The van der Waals surface area contributed by atoms with E-state index in [2.05, 4.69) is 15.2 Å². The third kappa shape index (κ3) is 3.07. The van der Waals surface area contributed by atoms with Crippen LogP contribution in [0.1, 0.15) is 39.9 Å². The number of pyridine rings is 1. The van der Waals surface area contributed by atoms with E-state index in [-0.39, 0.29) is 29.7 Å². The van der Waals surface area contributed by atoms with Crippen LogP contribution in [0.3, 0.4) is 0 Å². The predicted octanol–water partition coefficient (Wildman–Crippen LogP) is 1.98. The lowest BCUT2D eigenvalue weighted by molar-refractivity contribution is -0.147. The van der Waals surface area contributed by atoms with Gasteiger partial charge in [0.25, 0.3) is 5.91 Å². The second kappa shape index (κ2) is 8.12. The van der Waals surface area contributed by atoms with Gasteiger partial charge in [0.1, 0.15) is 5.75 Å². The largest absolute Gasteiger partial charge is 0.480 e. The number of ether oxygens (including phenoxy) is 1. The fourth-order valence-electron chi connectivity index (χ4n) is 7.45. The number of carbonyl (C=O) groups is 2. The van der Waals surface area contributed by atoms with E-state index in [0.29, 0.717) is 43.7 Å². The monoisotopic (exact) mass is 511 g/mol. The van der Waals surface area contributed by atoms with Crippen LogP contribution in [0.4, 0.5) is 0 Å². The standard InChI is InChI=1S/C30H29N3O5/c1-33-16-29-25-20-6-7-21(26(25)38-27(29)22(34)8-11-30(29,37)23(33)14-20)28(36)32-12-9-17-2-4-18(5-3-17)19-10-13-31-24(35)15-19/h2-7,10,13,15,23,27,37H,8-9,11-12,14,16H2,1H3,(H,31,35)(H,32,36)/t23-,27?,29?,30-/m1/s1. The zero-order chi connectivity index (χ0) is 26.2. The molecule has 2 fully saturated rings. The highest BCUT2D eigenvalue weighted by Gasteiger charge is 2.75. The summed E-state index contributed by atoms with van der Waals surface area (Å²) in [5.74, 6) is 0.222. The summed E-state index contributed by atoms with van der Waals surface area (Å²) >= 11 is 0. The molecule has 8 heteroatoms. The number of benzene rings is 2. The maximum atomic E-state index is 13.3. The first-order valence-corrected chi connectivity index (χ1v) is 13.2. The molecule has 1 saturated heterocycles. The number of hydrogen-bond acceptors (Lipinski definition) is 6. The van der Waals surface area contributed by atoms with Gasteiger partial charge in [0, 0.05) is 43.4 Å². The van der Waals surface area contributed by atoms with Crippen LogP contribution in [-0.2, 0) is 23.1 Å². The maximum absolute atomic E-state index is 13.3. The molecule has 3 heterocycles. The van der Waals surface area contributed by atoms with E-state index in [4.69, 9.17) is 4.74 Å². The fraction of sp³-hybridized carbons (Fsp3) is 0.367. The van der Waals surface area contributed by atoms with Crippen molar-refractivity contribution in [2.24, 2.45) is 0 Å². The van der Waals surface area contributed by atoms with E-state index in [1.807, 2.05) is 43.4 Å². The van der Waals surface area contributed by atoms with Gasteiger partial charge >= 0.3 is 0 Å². The molecular formula is C30H29N3O5. The van der Waals surface area contributed by atoms with Gasteiger partial charge in [-0.15, -0.1) is 0 Å². The number of nitrogens with zero attached hydrogens (tertiary/aromatic N) is 1. The summed E-state index contributed by atoms with van der Waals surface area (Å²) in [5.41, 5.74) is 3.22. The van der Waals surface area contributed by atoms with Gasteiger partial charge in [-0.2, -0.15) is 0 Å². The number of rotatable bonds is 5. The first-order valence-electron chi connectivity index (χ1n) is 13.2. The van der Waals surface area contributed by atoms with Crippen molar-refractivity contribution in [3.8, 4) is 16.9 Å². The molecule has 2 aliphatic carbocycles. The van der Waals surface area contributed by atoms with Crippen LogP contribution in [0.2, 0.25) is 0 Å². The van der Waals surface area contributed by atoms with Crippen LogP contribution >= 0.6 is 0 Å². The fourth-order valence-corrected chi connectivity index (χ4v) is 7.45. The van der Waals surface area contributed by atoms with Crippen LogP contribution in [0, 0.1) is 0 Å². The molecule has 0 radical (unpaired) electrons. The Morgan fingerprint density at radius 1 is 1.16 bits per heavy atom. The molecule has 3 N–H and O–H groups in total. The Morgan fingerprint density at radius 3 is 2.76 bits per heavy atom. The molecule has 1 amide bonds. The summed E-state index contributed by atoms with van der Waals surface area (Å²) in [6, 6.07) is 15.0. The molecule has 2 bridgehead atoms. The van der Waals surface area contributed by atoms with Crippen LogP contribution in [0.25, 0.3) is 11.1 Å². The molecule has 194 valence electrons. The minimum Gasteiger partial charge on any atom is -0.480 e. The molecular weight excluding hydrogens is 482 g/mol. The van der Waals surface area contributed by atoms with Gasteiger partial charge in [-0.05, 0) is 60.7 Å². The van der Waals surface area contributed by atoms with Gasteiger partial charge in [-0.25, -0.2) is 0 Å². The lowest BCUT2D eigenvalue weighted by Gasteiger charge is -2.50. The zero-order valence-corrected chi connectivity index (χ0v) is 21.1. The normalized spacial score (nSPS) is 28.6. The summed E-state index contributed by atoms with van der Waals surface area (Å²) in [7, 11) is 2.00. The molecule has 2 aromatic carbocycles. The second-order valence-electron chi connectivity index (χ2n) is 11.1. The quantitative estimate of drug-likeness (QED) is 0.483. The van der Waals surface area contributed by atoms with Gasteiger partial charge in [0.05, 0.1) is 16.6 Å². The Hall–Kier alpha value is -3.75. The van der Waals surface area contributed by atoms with Gasteiger partial charge in [0.15, 0.2) is 11.9 Å². The van der Waals surface area contributed by atoms with E-state index in [9.17, 15) is 19.5 Å². The number of amides is 1. The van der Waals surface area contributed by atoms with Crippen LogP contribution in [0.15, 0.2) is 59.5 Å². The molecule has 1 spiro atoms. The molecule has 4 atom stereocenters. The number of Topliss-reactive ketones (excluding diaryl/α,β-unsaturated/α-hetero) is 1. The highest BCUT2D eigenvalue weighted by molar-refractivity contribution is 5.99. The number of likely N-dealkylation sites (tertiary alicyclic amines) is 1. The number of nitrogens with one attached hydrogen (secondary N) is 2.